The van der Waals surface area contributed by atoms with Gasteiger partial charge in [-0.25, -0.2) is 9.59 Å². The molecule has 0 aliphatic carbocycles. The van der Waals surface area contributed by atoms with Gasteiger partial charge in [0.2, 0.25) is 5.91 Å². The summed E-state index contributed by atoms with van der Waals surface area (Å²) in [6, 6.07) is 12.0. The van der Waals surface area contributed by atoms with E-state index in [1.54, 1.807) is 32.9 Å². The molecule has 2 aromatic rings. The first-order chi connectivity index (χ1) is 16.0. The molecule has 2 rings (SSSR count). The Labute approximate surface area is 198 Å². The molecule has 0 bridgehead atoms. The number of alkyl carbamates (subject to hydrolysis) is 1. The molecule has 1 unspecified atom stereocenters. The minimum absolute atomic E-state index is 0. The molecule has 0 aromatic heterocycles. The third kappa shape index (κ3) is 8.41. The fourth-order valence-electron chi connectivity index (χ4n) is 2.86. The van der Waals surface area contributed by atoms with Gasteiger partial charge in [-0.1, -0.05) is 18.2 Å². The lowest BCUT2D eigenvalue weighted by atomic mass is 10.1. The number of carbonyl (C=O) groups is 3. The van der Waals surface area contributed by atoms with Crippen LogP contribution in [0.5, 0.6) is 0 Å². The maximum absolute atomic E-state index is 12.6. The normalized spacial score (nSPS) is 11.6. The SMILES string of the molecule is COC(=O)C(CCC(=O)Nc1cc([N+](=O)[O-])ccc1Nc1ccccc1)NC(=O)OC(C)(C)C.[HH]. The predicted octanol–water partition coefficient (Wildman–Crippen LogP) is 4.37. The fraction of sp³-hybridized carbons (Fsp3) is 0.348. The molecular weight excluding hydrogens is 444 g/mol. The molecule has 0 aliphatic rings. The largest absolute Gasteiger partial charge is 0.467 e. The van der Waals surface area contributed by atoms with Gasteiger partial charge in [0.25, 0.3) is 5.69 Å². The molecule has 0 saturated heterocycles. The topological polar surface area (TPSA) is 149 Å². The number of nitro benzene ring substituents is 1. The fourth-order valence-corrected chi connectivity index (χ4v) is 2.86. The van der Waals surface area contributed by atoms with E-state index in [9.17, 15) is 24.5 Å². The average molecular weight is 475 g/mol. The molecule has 3 N–H and O–H groups in total. The molecule has 11 nitrogen and oxygen atoms in total. The number of non-ortho nitro benzene ring substituents is 1. The molecule has 0 fully saturated rings. The summed E-state index contributed by atoms with van der Waals surface area (Å²) in [5.41, 5.74) is 0.387. The van der Waals surface area contributed by atoms with Gasteiger partial charge >= 0.3 is 12.1 Å². The quantitative estimate of drug-likeness (QED) is 0.276. The number of benzene rings is 2. The Balaban J connectivity index is 0.00000612. The number of methoxy groups -OCH3 is 1. The van der Waals surface area contributed by atoms with E-state index in [1.807, 2.05) is 18.2 Å². The molecular formula is C23H30N4O7. The highest BCUT2D eigenvalue weighted by Crippen LogP contribution is 2.30. The molecule has 2 amide bonds. The Bertz CT molecular complexity index is 1040. The Kier molecular flexibility index (Phi) is 8.94. The van der Waals surface area contributed by atoms with Crippen molar-refractivity contribution in [1.29, 1.82) is 0 Å². The van der Waals surface area contributed by atoms with Crippen molar-refractivity contribution in [2.45, 2.75) is 45.3 Å². The zero-order valence-electron chi connectivity index (χ0n) is 19.4. The van der Waals surface area contributed by atoms with E-state index >= 15 is 0 Å². The lowest BCUT2D eigenvalue weighted by Crippen LogP contribution is -2.44. The van der Waals surface area contributed by atoms with E-state index in [0.717, 1.165) is 12.8 Å². The van der Waals surface area contributed by atoms with Crippen LogP contribution in [-0.4, -0.2) is 41.6 Å². The molecule has 11 heteroatoms. The first-order valence-electron chi connectivity index (χ1n) is 10.5. The summed E-state index contributed by atoms with van der Waals surface area (Å²) < 4.78 is 9.84. The van der Waals surface area contributed by atoms with E-state index < -0.39 is 34.5 Å². The summed E-state index contributed by atoms with van der Waals surface area (Å²) >= 11 is 0. The van der Waals surface area contributed by atoms with E-state index in [0.29, 0.717) is 5.69 Å². The van der Waals surface area contributed by atoms with Crippen LogP contribution < -0.4 is 16.0 Å². The van der Waals surface area contributed by atoms with Gasteiger partial charge in [0.1, 0.15) is 11.6 Å². The Morgan fingerprint density at radius 3 is 2.35 bits per heavy atom. The summed E-state index contributed by atoms with van der Waals surface area (Å²) in [4.78, 5) is 47.3. The van der Waals surface area contributed by atoms with Crippen molar-refractivity contribution in [1.82, 2.24) is 5.32 Å². The summed E-state index contributed by atoms with van der Waals surface area (Å²) in [5, 5.41) is 19.3. The van der Waals surface area contributed by atoms with Crippen LogP contribution in [0.2, 0.25) is 0 Å². The van der Waals surface area contributed by atoms with Crippen molar-refractivity contribution in [3.05, 3.63) is 58.6 Å². The van der Waals surface area contributed by atoms with Crippen LogP contribution >= 0.6 is 0 Å². The molecule has 34 heavy (non-hydrogen) atoms. The van der Waals surface area contributed by atoms with Crippen LogP contribution in [0.25, 0.3) is 0 Å². The summed E-state index contributed by atoms with van der Waals surface area (Å²) in [5.74, 6) is -1.25. The summed E-state index contributed by atoms with van der Waals surface area (Å²) in [6.45, 7) is 5.02. The molecule has 0 spiro atoms. The average Bonchev–Trinajstić information content (AvgIpc) is 2.76. The van der Waals surface area contributed by atoms with Gasteiger partial charge in [0.05, 0.1) is 23.4 Å². The van der Waals surface area contributed by atoms with E-state index in [2.05, 4.69) is 16.0 Å². The number of nitro groups is 1. The van der Waals surface area contributed by atoms with Crippen molar-refractivity contribution < 1.29 is 30.2 Å². The minimum atomic E-state index is -1.11. The van der Waals surface area contributed by atoms with Gasteiger partial charge in [-0.05, 0) is 45.4 Å². The van der Waals surface area contributed by atoms with Gasteiger partial charge in [-0.2, -0.15) is 0 Å². The third-order valence-corrected chi connectivity index (χ3v) is 4.38. The standard InChI is InChI=1S/C23H28N4O7.H2/c1-23(2,3)34-22(30)26-18(21(29)33-4)12-13-20(28)25-19-14-16(27(31)32)10-11-17(19)24-15-8-6-5-7-9-15;/h5-11,14,18,24H,12-13H2,1-4H3,(H,25,28)(H,26,30);1H. The van der Waals surface area contributed by atoms with Gasteiger partial charge < -0.3 is 25.4 Å². The number of anilines is 3. The van der Waals surface area contributed by atoms with Gasteiger partial charge in [-0.15, -0.1) is 0 Å². The molecule has 2 aromatic carbocycles. The maximum Gasteiger partial charge on any atom is 0.408 e. The summed E-state index contributed by atoms with van der Waals surface area (Å²) in [7, 11) is 1.16. The number of para-hydroxylation sites is 1. The smallest absolute Gasteiger partial charge is 0.408 e. The van der Waals surface area contributed by atoms with Crippen molar-refractivity contribution in [2.75, 3.05) is 17.7 Å². The van der Waals surface area contributed by atoms with Crippen LogP contribution in [0.1, 0.15) is 35.0 Å². The monoisotopic (exact) mass is 474 g/mol. The number of rotatable bonds is 9. The lowest BCUT2D eigenvalue weighted by molar-refractivity contribution is -0.384. The van der Waals surface area contributed by atoms with Gasteiger partial charge in [0.15, 0.2) is 0 Å². The number of ether oxygens (including phenoxy) is 2. The van der Waals surface area contributed by atoms with E-state index in [4.69, 9.17) is 9.47 Å². The lowest BCUT2D eigenvalue weighted by Gasteiger charge is -2.22. The zero-order chi connectivity index (χ0) is 25.3. The molecule has 0 aliphatic heterocycles. The maximum atomic E-state index is 12.6. The number of nitrogens with zero attached hydrogens (tertiary/aromatic N) is 1. The Morgan fingerprint density at radius 2 is 1.76 bits per heavy atom. The Morgan fingerprint density at radius 1 is 1.09 bits per heavy atom. The second kappa shape index (κ2) is 11.6. The zero-order valence-corrected chi connectivity index (χ0v) is 19.4. The number of hydrogen-bond donors (Lipinski definition) is 3. The number of esters is 1. The van der Waals surface area contributed by atoms with Crippen LogP contribution in [-0.2, 0) is 19.1 Å². The molecule has 0 saturated carbocycles. The number of amides is 2. The minimum Gasteiger partial charge on any atom is -0.467 e. The van der Waals surface area contributed by atoms with Crippen LogP contribution in [0, 0.1) is 10.1 Å². The van der Waals surface area contributed by atoms with Crippen LogP contribution in [0.3, 0.4) is 0 Å². The highest BCUT2D eigenvalue weighted by atomic mass is 16.6. The summed E-state index contributed by atoms with van der Waals surface area (Å²) in [6.07, 6.45) is -1.08. The predicted molar refractivity (Wildman–Crippen MR) is 128 cm³/mol. The Hall–Kier alpha value is -4.15. The second-order valence-corrected chi connectivity index (χ2v) is 8.29. The van der Waals surface area contributed by atoms with Crippen molar-refractivity contribution in [3.8, 4) is 0 Å². The van der Waals surface area contributed by atoms with Gasteiger partial charge in [0, 0.05) is 25.7 Å². The van der Waals surface area contributed by atoms with Crippen molar-refractivity contribution >= 4 is 40.7 Å². The van der Waals surface area contributed by atoms with Crippen LogP contribution in [0.4, 0.5) is 27.5 Å². The first-order valence-corrected chi connectivity index (χ1v) is 10.5. The molecule has 1 atom stereocenters. The van der Waals surface area contributed by atoms with Crippen LogP contribution in [0.15, 0.2) is 48.5 Å². The molecule has 0 radical (unpaired) electrons. The number of hydrogen-bond acceptors (Lipinski definition) is 8. The van der Waals surface area contributed by atoms with E-state index in [1.165, 1.54) is 18.2 Å². The number of nitrogens with one attached hydrogen (secondary N) is 3. The molecule has 0 heterocycles. The van der Waals surface area contributed by atoms with Gasteiger partial charge in [-0.3, -0.25) is 14.9 Å². The second-order valence-electron chi connectivity index (χ2n) is 8.29. The highest BCUT2D eigenvalue weighted by Gasteiger charge is 2.26. The van der Waals surface area contributed by atoms with Crippen molar-refractivity contribution in [2.24, 2.45) is 0 Å². The first kappa shape index (κ1) is 26.1. The molecule has 184 valence electrons. The van der Waals surface area contributed by atoms with E-state index in [-0.39, 0.29) is 25.6 Å². The number of carbonyl (C=O) groups excluding carboxylic acids is 3. The third-order valence-electron chi connectivity index (χ3n) is 4.38. The van der Waals surface area contributed by atoms with Crippen molar-refractivity contribution in [3.63, 3.8) is 0 Å². The highest BCUT2D eigenvalue weighted by molar-refractivity contribution is 5.96.